The van der Waals surface area contributed by atoms with Gasteiger partial charge in [-0.05, 0) is 6.07 Å². The van der Waals surface area contributed by atoms with E-state index in [1.165, 1.54) is 18.2 Å². The molecule has 8 heteroatoms. The Balaban J connectivity index is 1.95. The molecule has 0 saturated carbocycles. The second-order valence-corrected chi connectivity index (χ2v) is 4.77. The Morgan fingerprint density at radius 1 is 1.43 bits per heavy atom. The summed E-state index contributed by atoms with van der Waals surface area (Å²) in [4.78, 5) is 12.4. The number of nitrogens with zero attached hydrogens (tertiary/aromatic N) is 3. The second kappa shape index (κ2) is 5.65. The number of rotatable bonds is 3. The predicted molar refractivity (Wildman–Crippen MR) is 72.6 cm³/mol. The summed E-state index contributed by atoms with van der Waals surface area (Å²) in [5.41, 5.74) is 0.885. The molecule has 0 spiro atoms. The van der Waals surface area contributed by atoms with Crippen LogP contribution in [0.5, 0.6) is 0 Å². The van der Waals surface area contributed by atoms with Crippen molar-refractivity contribution in [2.45, 2.75) is 12.5 Å². The lowest BCUT2D eigenvalue weighted by atomic mass is 10.1. The summed E-state index contributed by atoms with van der Waals surface area (Å²) >= 11 is 0. The first-order chi connectivity index (χ1) is 10.2. The van der Waals surface area contributed by atoms with Gasteiger partial charge >= 0.3 is 0 Å². The Kier molecular flexibility index (Phi) is 3.70. The summed E-state index contributed by atoms with van der Waals surface area (Å²) in [6.07, 6.45) is -0.681. The minimum atomic E-state index is -0.467. The predicted octanol–water partition coefficient (Wildman–Crippen LogP) is 0.575. The van der Waals surface area contributed by atoms with Gasteiger partial charge in [0.05, 0.1) is 29.4 Å². The van der Waals surface area contributed by atoms with Crippen molar-refractivity contribution in [1.29, 1.82) is 5.26 Å². The normalized spacial score (nSPS) is 22.4. The molecule has 2 heterocycles. The standard InChI is InChI=1S/C13H14N4O4/c14-8-9-1-2-10(17(18)19)7-11(9)16-4-3-15-12(16)13-20-5-6-21-13/h1-2,7,12-13,15H,3-6H2. The van der Waals surface area contributed by atoms with Gasteiger partial charge in [-0.2, -0.15) is 5.26 Å². The Hall–Kier alpha value is -2.21. The molecule has 2 fully saturated rings. The van der Waals surface area contributed by atoms with Crippen LogP contribution in [0.4, 0.5) is 11.4 Å². The second-order valence-electron chi connectivity index (χ2n) is 4.77. The van der Waals surface area contributed by atoms with Crippen molar-refractivity contribution in [1.82, 2.24) is 5.32 Å². The molecule has 0 aromatic heterocycles. The highest BCUT2D eigenvalue weighted by atomic mass is 16.7. The van der Waals surface area contributed by atoms with E-state index < -0.39 is 11.2 Å². The number of nitro groups is 1. The van der Waals surface area contributed by atoms with Gasteiger partial charge in [0.25, 0.3) is 5.69 Å². The largest absolute Gasteiger partial charge is 0.349 e. The molecule has 1 atom stereocenters. The number of ether oxygens (including phenoxy) is 2. The van der Waals surface area contributed by atoms with Crippen LogP contribution >= 0.6 is 0 Å². The van der Waals surface area contributed by atoms with Crippen LogP contribution in [0.2, 0.25) is 0 Å². The van der Waals surface area contributed by atoms with E-state index in [1.54, 1.807) is 0 Å². The van der Waals surface area contributed by atoms with Crippen LogP contribution in [0, 0.1) is 21.4 Å². The zero-order chi connectivity index (χ0) is 14.8. The molecule has 2 aliphatic rings. The van der Waals surface area contributed by atoms with Gasteiger partial charge in [-0.3, -0.25) is 15.4 Å². The minimum absolute atomic E-state index is 0.0390. The fraction of sp³-hybridized carbons (Fsp3) is 0.462. The number of benzene rings is 1. The van der Waals surface area contributed by atoms with Crippen molar-refractivity contribution in [2.24, 2.45) is 0 Å². The third-order valence-electron chi connectivity index (χ3n) is 3.57. The number of nitriles is 1. The molecule has 1 unspecified atom stereocenters. The topological polar surface area (TPSA) is 101 Å². The molecule has 110 valence electrons. The molecule has 3 rings (SSSR count). The quantitative estimate of drug-likeness (QED) is 0.641. The SMILES string of the molecule is N#Cc1ccc([N+](=O)[O-])cc1N1CCNC1C1OCCO1. The maximum absolute atomic E-state index is 10.9. The molecule has 1 aromatic rings. The van der Waals surface area contributed by atoms with Crippen molar-refractivity contribution in [2.75, 3.05) is 31.2 Å². The Morgan fingerprint density at radius 3 is 2.86 bits per heavy atom. The van der Waals surface area contributed by atoms with Crippen molar-refractivity contribution in [3.05, 3.63) is 33.9 Å². The summed E-state index contributed by atoms with van der Waals surface area (Å²) in [7, 11) is 0. The van der Waals surface area contributed by atoms with Crippen molar-refractivity contribution in [3.8, 4) is 6.07 Å². The van der Waals surface area contributed by atoms with Gasteiger partial charge in [-0.1, -0.05) is 0 Å². The monoisotopic (exact) mass is 290 g/mol. The molecule has 1 N–H and O–H groups in total. The Bertz CT molecular complexity index is 594. The van der Waals surface area contributed by atoms with Gasteiger partial charge in [-0.25, -0.2) is 0 Å². The summed E-state index contributed by atoms with van der Waals surface area (Å²) in [6.45, 7) is 2.37. The lowest BCUT2D eigenvalue weighted by Crippen LogP contribution is -2.46. The molecular weight excluding hydrogens is 276 g/mol. The van der Waals surface area contributed by atoms with E-state index in [1.807, 2.05) is 4.90 Å². The molecule has 8 nitrogen and oxygen atoms in total. The number of hydrogen-bond acceptors (Lipinski definition) is 7. The van der Waals surface area contributed by atoms with Crippen LogP contribution in [0.25, 0.3) is 0 Å². The van der Waals surface area contributed by atoms with Crippen LogP contribution in [0.3, 0.4) is 0 Å². The molecule has 0 amide bonds. The third-order valence-corrected chi connectivity index (χ3v) is 3.57. The molecule has 2 aliphatic heterocycles. The lowest BCUT2D eigenvalue weighted by Gasteiger charge is -2.29. The van der Waals surface area contributed by atoms with Crippen LogP contribution in [-0.4, -0.2) is 43.7 Å². The summed E-state index contributed by atoms with van der Waals surface area (Å²) in [5, 5.41) is 23.4. The highest BCUT2D eigenvalue weighted by molar-refractivity contribution is 5.64. The number of nitro benzene ring substituents is 1. The van der Waals surface area contributed by atoms with Crippen LogP contribution < -0.4 is 10.2 Å². The van der Waals surface area contributed by atoms with Gasteiger partial charge in [-0.15, -0.1) is 0 Å². The molecule has 1 aromatic carbocycles. The van der Waals surface area contributed by atoms with Gasteiger partial charge < -0.3 is 14.4 Å². The van der Waals surface area contributed by atoms with E-state index in [4.69, 9.17) is 9.47 Å². The van der Waals surface area contributed by atoms with Crippen LogP contribution in [0.1, 0.15) is 5.56 Å². The number of hydrogen-bond donors (Lipinski definition) is 1. The number of anilines is 1. The number of non-ortho nitro benzene ring substituents is 1. The average molecular weight is 290 g/mol. The Labute approximate surface area is 121 Å². The minimum Gasteiger partial charge on any atom is -0.349 e. The highest BCUT2D eigenvalue weighted by Gasteiger charge is 2.36. The average Bonchev–Trinajstić information content (AvgIpc) is 3.16. The fourth-order valence-electron chi connectivity index (χ4n) is 2.62. The first-order valence-electron chi connectivity index (χ1n) is 6.62. The first-order valence-corrected chi connectivity index (χ1v) is 6.62. The lowest BCUT2D eigenvalue weighted by molar-refractivity contribution is -0.384. The van der Waals surface area contributed by atoms with E-state index in [2.05, 4.69) is 11.4 Å². The number of nitrogens with one attached hydrogen (secondary N) is 1. The summed E-state index contributed by atoms with van der Waals surface area (Å²) in [5.74, 6) is 0. The smallest absolute Gasteiger partial charge is 0.271 e. The van der Waals surface area contributed by atoms with Gasteiger partial charge in [0, 0.05) is 25.2 Å². The van der Waals surface area contributed by atoms with Crippen LogP contribution in [-0.2, 0) is 9.47 Å². The molecule has 0 radical (unpaired) electrons. The van der Waals surface area contributed by atoms with Gasteiger partial charge in [0.1, 0.15) is 12.2 Å². The van der Waals surface area contributed by atoms with Crippen molar-refractivity contribution < 1.29 is 14.4 Å². The third kappa shape index (κ3) is 2.54. The maximum atomic E-state index is 10.9. The highest BCUT2D eigenvalue weighted by Crippen LogP contribution is 2.30. The van der Waals surface area contributed by atoms with Crippen molar-refractivity contribution >= 4 is 11.4 Å². The zero-order valence-electron chi connectivity index (χ0n) is 11.2. The summed E-state index contributed by atoms with van der Waals surface area (Å²) < 4.78 is 11.0. The molecule has 0 aliphatic carbocycles. The fourth-order valence-corrected chi connectivity index (χ4v) is 2.62. The van der Waals surface area contributed by atoms with Gasteiger partial charge in [0.15, 0.2) is 6.29 Å². The maximum Gasteiger partial charge on any atom is 0.271 e. The van der Waals surface area contributed by atoms with E-state index in [-0.39, 0.29) is 11.9 Å². The summed E-state index contributed by atoms with van der Waals surface area (Å²) in [6, 6.07) is 6.31. The van der Waals surface area contributed by atoms with E-state index in [0.29, 0.717) is 37.6 Å². The van der Waals surface area contributed by atoms with Crippen LogP contribution in [0.15, 0.2) is 18.2 Å². The van der Waals surface area contributed by atoms with E-state index in [9.17, 15) is 15.4 Å². The molecular formula is C13H14N4O4. The molecule has 21 heavy (non-hydrogen) atoms. The first kappa shape index (κ1) is 13.8. The van der Waals surface area contributed by atoms with Gasteiger partial charge in [0.2, 0.25) is 0 Å². The zero-order valence-corrected chi connectivity index (χ0v) is 11.2. The van der Waals surface area contributed by atoms with Crippen molar-refractivity contribution in [3.63, 3.8) is 0 Å². The molecule has 2 saturated heterocycles. The Morgan fingerprint density at radius 2 is 2.19 bits per heavy atom. The van der Waals surface area contributed by atoms with E-state index in [0.717, 1.165) is 0 Å². The van der Waals surface area contributed by atoms with E-state index >= 15 is 0 Å². The molecule has 0 bridgehead atoms.